The first kappa shape index (κ1) is 7.14. The van der Waals surface area contributed by atoms with Crippen molar-refractivity contribution in [2.75, 3.05) is 0 Å². The summed E-state index contributed by atoms with van der Waals surface area (Å²) in [5, 5.41) is 8.55. The van der Waals surface area contributed by atoms with Crippen LogP contribution in [0.5, 0.6) is 0 Å². The van der Waals surface area contributed by atoms with E-state index in [-0.39, 0.29) is 9.88 Å². The van der Waals surface area contributed by atoms with E-state index in [9.17, 15) is 9.18 Å². The molecule has 0 saturated carbocycles. The molecule has 10 heavy (non-hydrogen) atoms. The first-order valence-corrected chi connectivity index (χ1v) is 3.29. The summed E-state index contributed by atoms with van der Waals surface area (Å²) in [6, 6.07) is 0. The van der Waals surface area contributed by atoms with Crippen molar-refractivity contribution in [3.63, 3.8) is 0 Å². The SMILES string of the molecule is O=C(O)c1cnc(CF)s1. The zero-order chi connectivity index (χ0) is 7.56. The summed E-state index contributed by atoms with van der Waals surface area (Å²) in [5.41, 5.74) is 0. The molecule has 1 aromatic rings. The zero-order valence-electron chi connectivity index (χ0n) is 4.87. The average Bonchev–Trinajstić information content (AvgIpc) is 2.34. The number of nitrogens with zero attached hydrogens (tertiary/aromatic N) is 1. The fourth-order valence-electron chi connectivity index (χ4n) is 0.471. The number of carboxylic acid groups (broad SMARTS) is 1. The standard InChI is InChI=1S/C5H4FNO2S/c6-1-4-7-2-3(10-4)5(8)9/h2H,1H2,(H,8,9). The molecule has 0 spiro atoms. The van der Waals surface area contributed by atoms with Crippen LogP contribution in [0.4, 0.5) is 4.39 Å². The lowest BCUT2D eigenvalue weighted by Gasteiger charge is -1.79. The molecule has 0 fully saturated rings. The van der Waals surface area contributed by atoms with Gasteiger partial charge in [-0.25, -0.2) is 14.2 Å². The summed E-state index contributed by atoms with van der Waals surface area (Å²) < 4.78 is 11.8. The van der Waals surface area contributed by atoms with Crippen molar-refractivity contribution in [2.45, 2.75) is 6.67 Å². The van der Waals surface area contributed by atoms with Gasteiger partial charge in [-0.1, -0.05) is 0 Å². The van der Waals surface area contributed by atoms with E-state index in [1.807, 2.05) is 0 Å². The predicted octanol–water partition coefficient (Wildman–Crippen LogP) is 1.31. The van der Waals surface area contributed by atoms with Crippen LogP contribution >= 0.6 is 11.3 Å². The summed E-state index contributed by atoms with van der Waals surface area (Å²) >= 11 is 0.855. The molecule has 5 heteroatoms. The smallest absolute Gasteiger partial charge is 0.347 e. The normalized spacial score (nSPS) is 9.70. The van der Waals surface area contributed by atoms with Gasteiger partial charge in [0.25, 0.3) is 0 Å². The first-order chi connectivity index (χ1) is 4.74. The largest absolute Gasteiger partial charge is 0.477 e. The molecule has 0 aromatic carbocycles. The Hall–Kier alpha value is -0.970. The number of hydrogen-bond acceptors (Lipinski definition) is 3. The predicted molar refractivity (Wildman–Crippen MR) is 33.9 cm³/mol. The van der Waals surface area contributed by atoms with Crippen molar-refractivity contribution in [2.24, 2.45) is 0 Å². The number of halogens is 1. The minimum absolute atomic E-state index is 0.0765. The van der Waals surface area contributed by atoms with Crippen molar-refractivity contribution in [1.29, 1.82) is 0 Å². The van der Waals surface area contributed by atoms with Gasteiger partial charge >= 0.3 is 5.97 Å². The second kappa shape index (κ2) is 2.74. The number of rotatable bonds is 2. The lowest BCUT2D eigenvalue weighted by molar-refractivity contribution is 0.0702. The molecule has 0 amide bonds. The topological polar surface area (TPSA) is 50.2 Å². The first-order valence-electron chi connectivity index (χ1n) is 2.48. The van der Waals surface area contributed by atoms with Crippen LogP contribution < -0.4 is 0 Å². The summed E-state index contributed by atoms with van der Waals surface area (Å²) in [5.74, 6) is -1.06. The average molecular weight is 161 g/mol. The molecule has 1 rings (SSSR count). The molecule has 0 unspecified atom stereocenters. The Morgan fingerprint density at radius 1 is 1.90 bits per heavy atom. The number of thiazole rings is 1. The lowest BCUT2D eigenvalue weighted by Crippen LogP contribution is -1.89. The molecule has 0 aliphatic carbocycles. The second-order valence-electron chi connectivity index (χ2n) is 1.56. The Balaban J connectivity index is 2.88. The van der Waals surface area contributed by atoms with Crippen LogP contribution in [0.15, 0.2) is 6.20 Å². The van der Waals surface area contributed by atoms with Gasteiger partial charge in [-0.05, 0) is 0 Å². The number of hydrogen-bond donors (Lipinski definition) is 1. The molecule has 1 N–H and O–H groups in total. The van der Waals surface area contributed by atoms with Crippen LogP contribution in [0.3, 0.4) is 0 Å². The van der Waals surface area contributed by atoms with E-state index < -0.39 is 12.6 Å². The van der Waals surface area contributed by atoms with Crippen LogP contribution in [0.2, 0.25) is 0 Å². The third-order valence-corrected chi connectivity index (χ3v) is 1.83. The van der Waals surface area contributed by atoms with E-state index in [1.165, 1.54) is 0 Å². The molecule has 54 valence electrons. The molecule has 1 aromatic heterocycles. The van der Waals surface area contributed by atoms with Crippen molar-refractivity contribution in [3.05, 3.63) is 16.1 Å². The highest BCUT2D eigenvalue weighted by atomic mass is 32.1. The molecule has 0 atom stereocenters. The zero-order valence-corrected chi connectivity index (χ0v) is 5.69. The Bertz CT molecular complexity index is 248. The fraction of sp³-hybridized carbons (Fsp3) is 0.200. The highest BCUT2D eigenvalue weighted by Gasteiger charge is 2.06. The van der Waals surface area contributed by atoms with Crippen LogP contribution in [0.1, 0.15) is 14.7 Å². The third-order valence-electron chi connectivity index (χ3n) is 0.879. The van der Waals surface area contributed by atoms with Gasteiger partial charge in [0, 0.05) is 0 Å². The van der Waals surface area contributed by atoms with Crippen molar-refractivity contribution in [1.82, 2.24) is 4.98 Å². The molecule has 0 saturated heterocycles. The van der Waals surface area contributed by atoms with Crippen LogP contribution in [-0.4, -0.2) is 16.1 Å². The van der Waals surface area contributed by atoms with Gasteiger partial charge in [-0.15, -0.1) is 11.3 Å². The summed E-state index contributed by atoms with van der Waals surface area (Å²) in [6.07, 6.45) is 1.15. The molecular weight excluding hydrogens is 157 g/mol. The van der Waals surface area contributed by atoms with E-state index in [1.54, 1.807) is 0 Å². The fourth-order valence-corrected chi connectivity index (χ4v) is 1.08. The molecular formula is C5H4FNO2S. The van der Waals surface area contributed by atoms with Gasteiger partial charge in [0.05, 0.1) is 6.20 Å². The quantitative estimate of drug-likeness (QED) is 0.711. The maximum Gasteiger partial charge on any atom is 0.347 e. The van der Waals surface area contributed by atoms with Gasteiger partial charge in [0.2, 0.25) is 0 Å². The Labute approximate surface area is 60.1 Å². The Morgan fingerprint density at radius 2 is 2.60 bits per heavy atom. The summed E-state index contributed by atoms with van der Waals surface area (Å²) in [4.78, 5) is 13.8. The minimum Gasteiger partial charge on any atom is -0.477 e. The molecule has 1 heterocycles. The number of alkyl halides is 1. The molecule has 0 bridgehead atoms. The minimum atomic E-state index is -1.06. The van der Waals surface area contributed by atoms with E-state index in [4.69, 9.17) is 5.11 Å². The number of aromatic carboxylic acids is 1. The van der Waals surface area contributed by atoms with Gasteiger partial charge in [-0.2, -0.15) is 0 Å². The maximum absolute atomic E-state index is 11.8. The van der Waals surface area contributed by atoms with Gasteiger partial charge in [0.1, 0.15) is 16.6 Å². The number of aromatic nitrogens is 1. The highest BCUT2D eigenvalue weighted by Crippen LogP contribution is 2.12. The van der Waals surface area contributed by atoms with E-state index >= 15 is 0 Å². The third kappa shape index (κ3) is 1.30. The van der Waals surface area contributed by atoms with Crippen LogP contribution in [-0.2, 0) is 6.67 Å². The molecule has 0 aliphatic rings. The van der Waals surface area contributed by atoms with Gasteiger partial charge < -0.3 is 5.11 Å². The van der Waals surface area contributed by atoms with E-state index in [0.29, 0.717) is 0 Å². The van der Waals surface area contributed by atoms with Gasteiger partial charge in [-0.3, -0.25) is 0 Å². The number of carboxylic acids is 1. The molecule has 3 nitrogen and oxygen atoms in total. The Kier molecular flexibility index (Phi) is 1.96. The van der Waals surface area contributed by atoms with Crippen LogP contribution in [0.25, 0.3) is 0 Å². The monoisotopic (exact) mass is 161 g/mol. The Morgan fingerprint density at radius 3 is 2.90 bits per heavy atom. The maximum atomic E-state index is 11.8. The van der Waals surface area contributed by atoms with Crippen molar-refractivity contribution in [3.8, 4) is 0 Å². The molecule has 0 radical (unpaired) electrons. The second-order valence-corrected chi connectivity index (χ2v) is 2.67. The summed E-state index contributed by atoms with van der Waals surface area (Å²) in [7, 11) is 0. The van der Waals surface area contributed by atoms with Crippen molar-refractivity contribution >= 4 is 17.3 Å². The number of carbonyl (C=O) groups is 1. The van der Waals surface area contributed by atoms with E-state index in [0.717, 1.165) is 17.5 Å². The lowest BCUT2D eigenvalue weighted by atomic mass is 10.6. The summed E-state index contributed by atoms with van der Waals surface area (Å²) in [6.45, 7) is -0.696. The van der Waals surface area contributed by atoms with Crippen molar-refractivity contribution < 1.29 is 14.3 Å². The highest BCUT2D eigenvalue weighted by molar-refractivity contribution is 7.13. The van der Waals surface area contributed by atoms with Crippen LogP contribution in [0, 0.1) is 0 Å². The van der Waals surface area contributed by atoms with E-state index in [2.05, 4.69) is 4.98 Å². The van der Waals surface area contributed by atoms with Gasteiger partial charge in [0.15, 0.2) is 0 Å². The molecule has 0 aliphatic heterocycles.